The summed E-state index contributed by atoms with van der Waals surface area (Å²) < 4.78 is 44.3. The molecule has 1 N–H and O–H groups in total. The van der Waals surface area contributed by atoms with Crippen molar-refractivity contribution in [2.75, 3.05) is 39.5 Å². The van der Waals surface area contributed by atoms with E-state index in [9.17, 15) is 13.2 Å². The Balaban J connectivity index is 2.00. The van der Waals surface area contributed by atoms with Gasteiger partial charge in [0, 0.05) is 19.6 Å². The highest BCUT2D eigenvalue weighted by Crippen LogP contribution is 2.36. The average Bonchev–Trinajstić information content (AvgIpc) is 2.51. The number of benzene rings is 1. The summed E-state index contributed by atoms with van der Waals surface area (Å²) in [6, 6.07) is 5.72. The molecule has 0 unspecified atom stereocenters. The minimum atomic E-state index is -4.33. The molecular formula is C16H20F3NO2. The number of aliphatic hydroxyl groups is 1. The first-order chi connectivity index (χ1) is 10.5. The molecule has 1 heterocycles. The van der Waals surface area contributed by atoms with E-state index in [1.165, 1.54) is 12.1 Å². The van der Waals surface area contributed by atoms with Crippen LogP contribution in [0.15, 0.2) is 30.3 Å². The van der Waals surface area contributed by atoms with Crippen LogP contribution in [-0.2, 0) is 10.9 Å². The van der Waals surface area contributed by atoms with E-state index in [1.807, 2.05) is 6.08 Å². The maximum atomic E-state index is 13.0. The van der Waals surface area contributed by atoms with Crippen molar-refractivity contribution < 1.29 is 23.0 Å². The molecule has 22 heavy (non-hydrogen) atoms. The van der Waals surface area contributed by atoms with Crippen LogP contribution >= 0.6 is 0 Å². The van der Waals surface area contributed by atoms with Crippen molar-refractivity contribution in [3.05, 3.63) is 41.5 Å². The summed E-state index contributed by atoms with van der Waals surface area (Å²) in [5.41, 5.74) is 0.465. The second-order valence-corrected chi connectivity index (χ2v) is 5.16. The lowest BCUT2D eigenvalue weighted by atomic mass is 9.94. The van der Waals surface area contributed by atoms with E-state index in [1.54, 1.807) is 6.07 Å². The third kappa shape index (κ3) is 4.56. The van der Waals surface area contributed by atoms with Gasteiger partial charge < -0.3 is 9.84 Å². The number of rotatable bonds is 6. The topological polar surface area (TPSA) is 32.7 Å². The Bertz CT molecular complexity index is 514. The van der Waals surface area contributed by atoms with Gasteiger partial charge in [-0.1, -0.05) is 24.3 Å². The second-order valence-electron chi connectivity index (χ2n) is 5.16. The van der Waals surface area contributed by atoms with Gasteiger partial charge in [0.15, 0.2) is 0 Å². The molecule has 1 aromatic rings. The van der Waals surface area contributed by atoms with Gasteiger partial charge in [-0.05, 0) is 23.6 Å². The van der Waals surface area contributed by atoms with Crippen molar-refractivity contribution in [1.82, 2.24) is 4.90 Å². The second kappa shape index (κ2) is 7.76. The number of hydrogen-bond acceptors (Lipinski definition) is 3. The van der Waals surface area contributed by atoms with Crippen molar-refractivity contribution in [3.63, 3.8) is 0 Å². The van der Waals surface area contributed by atoms with Crippen LogP contribution < -0.4 is 0 Å². The lowest BCUT2D eigenvalue weighted by molar-refractivity contribution is -0.137. The van der Waals surface area contributed by atoms with Crippen molar-refractivity contribution in [2.45, 2.75) is 12.6 Å². The number of halogens is 3. The van der Waals surface area contributed by atoms with Crippen molar-refractivity contribution in [1.29, 1.82) is 0 Å². The third-order valence-electron chi connectivity index (χ3n) is 3.66. The Labute approximate surface area is 128 Å². The average molecular weight is 315 g/mol. The first-order valence-electron chi connectivity index (χ1n) is 7.29. The van der Waals surface area contributed by atoms with Gasteiger partial charge in [-0.25, -0.2) is 0 Å². The van der Waals surface area contributed by atoms with Gasteiger partial charge in [0.1, 0.15) is 0 Å². The largest absolute Gasteiger partial charge is 0.416 e. The van der Waals surface area contributed by atoms with Crippen LogP contribution in [0.1, 0.15) is 17.5 Å². The molecule has 3 nitrogen and oxygen atoms in total. The smallest absolute Gasteiger partial charge is 0.394 e. The number of alkyl halides is 3. The van der Waals surface area contributed by atoms with Gasteiger partial charge in [-0.15, -0.1) is 0 Å². The molecule has 0 radical (unpaired) electrons. The van der Waals surface area contributed by atoms with E-state index in [0.29, 0.717) is 39.3 Å². The van der Waals surface area contributed by atoms with Crippen LogP contribution in [0.25, 0.3) is 5.57 Å². The molecule has 1 aliphatic rings. The Hall–Kier alpha value is -1.37. The molecule has 0 saturated carbocycles. The van der Waals surface area contributed by atoms with Gasteiger partial charge in [0.2, 0.25) is 0 Å². The molecule has 6 heteroatoms. The molecule has 1 aliphatic heterocycles. The SMILES string of the molecule is OCCOCCN1CC=C(c2ccccc2C(F)(F)F)CC1. The lowest BCUT2D eigenvalue weighted by Crippen LogP contribution is -2.32. The highest BCUT2D eigenvalue weighted by Gasteiger charge is 2.33. The molecule has 0 fully saturated rings. The highest BCUT2D eigenvalue weighted by atomic mass is 19.4. The Kier molecular flexibility index (Phi) is 5.99. The predicted molar refractivity (Wildman–Crippen MR) is 78.4 cm³/mol. The van der Waals surface area contributed by atoms with E-state index in [2.05, 4.69) is 4.90 Å². The summed E-state index contributed by atoms with van der Waals surface area (Å²) in [6.07, 6.45) is -1.88. The van der Waals surface area contributed by atoms with Crippen molar-refractivity contribution in [2.24, 2.45) is 0 Å². The van der Waals surface area contributed by atoms with Gasteiger partial charge in [0.25, 0.3) is 0 Å². The van der Waals surface area contributed by atoms with Crippen LogP contribution in [0.4, 0.5) is 13.2 Å². The first-order valence-corrected chi connectivity index (χ1v) is 7.29. The Morgan fingerprint density at radius 1 is 1.18 bits per heavy atom. The minimum Gasteiger partial charge on any atom is -0.394 e. The van der Waals surface area contributed by atoms with Gasteiger partial charge in [-0.2, -0.15) is 13.2 Å². The molecule has 0 bridgehead atoms. The fourth-order valence-corrected chi connectivity index (χ4v) is 2.53. The quantitative estimate of drug-likeness (QED) is 0.820. The standard InChI is InChI=1S/C16H20F3NO2/c17-16(18,19)15-4-2-1-3-14(15)13-5-7-20(8-6-13)9-11-22-12-10-21/h1-5,21H,6-12H2. The minimum absolute atomic E-state index is 0.00171. The molecule has 2 rings (SSSR count). The normalized spacial score (nSPS) is 16.6. The van der Waals surface area contributed by atoms with Crippen molar-refractivity contribution in [3.8, 4) is 0 Å². The third-order valence-corrected chi connectivity index (χ3v) is 3.66. The maximum absolute atomic E-state index is 13.0. The zero-order chi connectivity index (χ0) is 16.0. The Morgan fingerprint density at radius 2 is 1.95 bits per heavy atom. The fraction of sp³-hybridized carbons (Fsp3) is 0.500. The molecule has 0 aliphatic carbocycles. The summed E-state index contributed by atoms with van der Waals surface area (Å²) >= 11 is 0. The van der Waals surface area contributed by atoms with Gasteiger partial charge in [0.05, 0.1) is 25.4 Å². The van der Waals surface area contributed by atoms with Crippen LogP contribution in [0, 0.1) is 0 Å². The van der Waals surface area contributed by atoms with E-state index >= 15 is 0 Å². The summed E-state index contributed by atoms with van der Waals surface area (Å²) in [4.78, 5) is 2.12. The maximum Gasteiger partial charge on any atom is 0.416 e. The molecule has 0 aromatic heterocycles. The molecule has 0 saturated heterocycles. The van der Waals surface area contributed by atoms with Gasteiger partial charge in [-0.3, -0.25) is 4.90 Å². The first kappa shape index (κ1) is 17.0. The van der Waals surface area contributed by atoms with E-state index in [0.717, 1.165) is 11.6 Å². The zero-order valence-corrected chi connectivity index (χ0v) is 12.3. The van der Waals surface area contributed by atoms with E-state index in [4.69, 9.17) is 9.84 Å². The molecule has 0 amide bonds. The lowest BCUT2D eigenvalue weighted by Gasteiger charge is -2.27. The van der Waals surface area contributed by atoms with E-state index < -0.39 is 11.7 Å². The fourth-order valence-electron chi connectivity index (χ4n) is 2.53. The highest BCUT2D eigenvalue weighted by molar-refractivity contribution is 5.69. The van der Waals surface area contributed by atoms with E-state index in [-0.39, 0.29) is 12.2 Å². The number of nitrogens with zero attached hydrogens (tertiary/aromatic N) is 1. The summed E-state index contributed by atoms with van der Waals surface area (Å²) in [6.45, 7) is 2.87. The summed E-state index contributed by atoms with van der Waals surface area (Å²) in [7, 11) is 0. The molecule has 0 atom stereocenters. The number of ether oxygens (including phenoxy) is 1. The van der Waals surface area contributed by atoms with Crippen LogP contribution in [0.5, 0.6) is 0 Å². The summed E-state index contributed by atoms with van der Waals surface area (Å²) in [5, 5.41) is 8.62. The van der Waals surface area contributed by atoms with Crippen LogP contribution in [0.3, 0.4) is 0 Å². The number of hydrogen-bond donors (Lipinski definition) is 1. The predicted octanol–water partition coefficient (Wildman–Crippen LogP) is 2.80. The monoisotopic (exact) mass is 315 g/mol. The molecule has 122 valence electrons. The Morgan fingerprint density at radius 3 is 2.59 bits per heavy atom. The van der Waals surface area contributed by atoms with Gasteiger partial charge >= 0.3 is 6.18 Å². The summed E-state index contributed by atoms with van der Waals surface area (Å²) in [5.74, 6) is 0. The van der Waals surface area contributed by atoms with Crippen LogP contribution in [-0.4, -0.2) is 49.5 Å². The van der Waals surface area contributed by atoms with Crippen LogP contribution in [0.2, 0.25) is 0 Å². The molecule has 1 aromatic carbocycles. The molecular weight excluding hydrogens is 295 g/mol. The molecule has 0 spiro atoms. The van der Waals surface area contributed by atoms with Crippen molar-refractivity contribution >= 4 is 5.57 Å². The number of aliphatic hydroxyl groups excluding tert-OH is 1. The zero-order valence-electron chi connectivity index (χ0n) is 12.3.